The van der Waals surface area contributed by atoms with E-state index in [1.165, 1.54) is 0 Å². The molecule has 2 aromatic heterocycles. The maximum Gasteiger partial charge on any atom is 0.217 e. The van der Waals surface area contributed by atoms with Gasteiger partial charge in [-0.15, -0.1) is 0 Å². The highest BCUT2D eigenvalue weighted by Crippen LogP contribution is 2.26. The van der Waals surface area contributed by atoms with Gasteiger partial charge in [-0.3, -0.25) is 0 Å². The van der Waals surface area contributed by atoms with Gasteiger partial charge in [0, 0.05) is 0 Å². The zero-order valence-corrected chi connectivity index (χ0v) is 12.0. The molecule has 0 aliphatic carbocycles. The molecule has 2 aliphatic rings. The van der Waals surface area contributed by atoms with Gasteiger partial charge >= 0.3 is 0 Å². The average Bonchev–Trinajstić information content (AvgIpc) is 3.27. The maximum atomic E-state index is 5.56. The molecular weight excluding hydrogens is 300 g/mol. The van der Waals surface area contributed by atoms with Crippen molar-refractivity contribution in [3.8, 4) is 0 Å². The maximum absolute atomic E-state index is 5.56. The molecule has 0 unspecified atom stereocenters. The van der Waals surface area contributed by atoms with E-state index in [0.717, 1.165) is 5.76 Å². The van der Waals surface area contributed by atoms with Gasteiger partial charge in [0.05, 0.1) is 32.7 Å². The summed E-state index contributed by atoms with van der Waals surface area (Å²) in [4.78, 5) is 0. The predicted octanol–water partition coefficient (Wildman–Crippen LogP) is 3.30. The Bertz CT molecular complexity index is 525. The molecule has 0 radical (unpaired) electrons. The molecule has 7 heteroatoms. The molecule has 0 aromatic carbocycles. The van der Waals surface area contributed by atoms with E-state index in [-0.39, 0.29) is 12.6 Å². The Labute approximate surface area is 126 Å². The first-order chi connectivity index (χ1) is 10.3. The number of rotatable bonds is 2. The first-order valence-electron chi connectivity index (χ1n) is 6.58. The molecule has 0 spiro atoms. The Morgan fingerprint density at radius 2 is 1.43 bits per heavy atom. The van der Waals surface area contributed by atoms with Crippen LogP contribution in [0.25, 0.3) is 0 Å². The molecule has 2 fully saturated rings. The van der Waals surface area contributed by atoms with Crippen molar-refractivity contribution >= 4 is 11.6 Å². The molecular formula is C14H15ClO6. The van der Waals surface area contributed by atoms with Crippen LogP contribution in [-0.2, 0) is 18.9 Å². The van der Waals surface area contributed by atoms with Crippen LogP contribution in [0, 0.1) is 0 Å². The van der Waals surface area contributed by atoms with Crippen LogP contribution in [0.5, 0.6) is 0 Å². The van der Waals surface area contributed by atoms with Gasteiger partial charge < -0.3 is 27.8 Å². The minimum absolute atomic E-state index is 0.269. The van der Waals surface area contributed by atoms with Gasteiger partial charge in [0.15, 0.2) is 16.7 Å². The number of hydrogen-bond acceptors (Lipinski definition) is 6. The summed E-state index contributed by atoms with van der Waals surface area (Å²) in [7, 11) is 0. The fourth-order valence-corrected chi connectivity index (χ4v) is 2.08. The first-order valence-corrected chi connectivity index (χ1v) is 6.96. The predicted molar refractivity (Wildman–Crippen MR) is 71.7 cm³/mol. The Balaban J connectivity index is 0.000000126. The largest absolute Gasteiger partial charge is 0.464 e. The van der Waals surface area contributed by atoms with Crippen molar-refractivity contribution in [3.63, 3.8) is 0 Å². The van der Waals surface area contributed by atoms with Crippen molar-refractivity contribution < 1.29 is 27.8 Å². The van der Waals surface area contributed by atoms with Crippen LogP contribution in [0.1, 0.15) is 24.1 Å². The Morgan fingerprint density at radius 3 is 1.90 bits per heavy atom. The number of furan rings is 2. The molecule has 6 nitrogen and oxygen atoms in total. The Hall–Kier alpha value is -1.31. The standard InChI is InChI=1S/C7H7ClO3.C7H8O3/c8-6-2-1-5(11-6)7-9-3-4-10-7;1-2-6(8-3-1)7-9-4-5-10-7/h1-2,7H,3-4H2;1-3,7H,4-5H2. The van der Waals surface area contributed by atoms with Crippen molar-refractivity contribution in [2.24, 2.45) is 0 Å². The van der Waals surface area contributed by atoms with Gasteiger partial charge in [0.2, 0.25) is 12.6 Å². The lowest BCUT2D eigenvalue weighted by Crippen LogP contribution is -1.94. The summed E-state index contributed by atoms with van der Waals surface area (Å²) < 4.78 is 30.9. The molecule has 4 heterocycles. The molecule has 0 N–H and O–H groups in total. The minimum Gasteiger partial charge on any atom is -0.464 e. The lowest BCUT2D eigenvalue weighted by molar-refractivity contribution is -0.0589. The summed E-state index contributed by atoms with van der Waals surface area (Å²) in [5.41, 5.74) is 0. The van der Waals surface area contributed by atoms with Crippen LogP contribution in [0.15, 0.2) is 39.4 Å². The van der Waals surface area contributed by atoms with Crippen molar-refractivity contribution in [2.75, 3.05) is 26.4 Å². The fraction of sp³-hybridized carbons (Fsp3) is 0.429. The van der Waals surface area contributed by atoms with Crippen LogP contribution in [0.4, 0.5) is 0 Å². The minimum atomic E-state index is -0.359. The smallest absolute Gasteiger partial charge is 0.217 e. The highest BCUT2D eigenvalue weighted by molar-refractivity contribution is 6.28. The lowest BCUT2D eigenvalue weighted by atomic mass is 10.4. The third-order valence-electron chi connectivity index (χ3n) is 2.85. The summed E-state index contributed by atoms with van der Waals surface area (Å²) in [5.74, 6) is 1.38. The van der Waals surface area contributed by atoms with Gasteiger partial charge in [-0.05, 0) is 35.9 Å². The van der Waals surface area contributed by atoms with Crippen LogP contribution >= 0.6 is 11.6 Å². The van der Waals surface area contributed by atoms with Crippen LogP contribution < -0.4 is 0 Å². The number of ether oxygens (including phenoxy) is 4. The first kappa shape index (κ1) is 14.6. The second kappa shape index (κ2) is 7.11. The summed E-state index contributed by atoms with van der Waals surface area (Å²) in [6.45, 7) is 2.54. The fourth-order valence-electron chi connectivity index (χ4n) is 1.93. The summed E-state index contributed by atoms with van der Waals surface area (Å²) in [6, 6.07) is 7.08. The molecule has 0 atom stereocenters. The van der Waals surface area contributed by atoms with E-state index >= 15 is 0 Å². The van der Waals surface area contributed by atoms with E-state index in [0.29, 0.717) is 37.4 Å². The quantitative estimate of drug-likeness (QED) is 0.847. The van der Waals surface area contributed by atoms with Gasteiger partial charge in [0.25, 0.3) is 0 Å². The van der Waals surface area contributed by atoms with Crippen LogP contribution in [0.2, 0.25) is 5.22 Å². The Morgan fingerprint density at radius 1 is 0.810 bits per heavy atom. The van der Waals surface area contributed by atoms with Crippen LogP contribution in [0.3, 0.4) is 0 Å². The van der Waals surface area contributed by atoms with Gasteiger partial charge in [-0.1, -0.05) is 0 Å². The third-order valence-corrected chi connectivity index (χ3v) is 3.05. The zero-order chi connectivity index (χ0) is 14.5. The van der Waals surface area contributed by atoms with Gasteiger partial charge in [-0.25, -0.2) is 0 Å². The number of hydrogen-bond donors (Lipinski definition) is 0. The zero-order valence-electron chi connectivity index (χ0n) is 11.2. The molecule has 4 rings (SSSR count). The summed E-state index contributed by atoms with van der Waals surface area (Å²) in [6.07, 6.45) is 0.984. The molecule has 2 aliphatic heterocycles. The Kier molecular flexibility index (Phi) is 4.95. The molecule has 0 amide bonds. The second-order valence-electron chi connectivity index (χ2n) is 4.30. The topological polar surface area (TPSA) is 63.2 Å². The third kappa shape index (κ3) is 3.87. The van der Waals surface area contributed by atoms with E-state index in [9.17, 15) is 0 Å². The van der Waals surface area contributed by atoms with E-state index in [1.54, 1.807) is 18.4 Å². The molecule has 0 saturated carbocycles. The van der Waals surface area contributed by atoms with Crippen molar-refractivity contribution in [2.45, 2.75) is 12.6 Å². The van der Waals surface area contributed by atoms with Crippen molar-refractivity contribution in [3.05, 3.63) is 47.3 Å². The summed E-state index contributed by atoms with van der Waals surface area (Å²) in [5, 5.41) is 0.360. The van der Waals surface area contributed by atoms with E-state index in [1.807, 2.05) is 12.1 Å². The molecule has 2 saturated heterocycles. The van der Waals surface area contributed by atoms with E-state index in [4.69, 9.17) is 39.4 Å². The lowest BCUT2D eigenvalue weighted by Gasteiger charge is -2.03. The SMILES string of the molecule is Clc1ccc(C2OCCO2)o1.c1coc(C2OCCO2)c1. The normalized spacial score (nSPS) is 19.7. The van der Waals surface area contributed by atoms with Crippen molar-refractivity contribution in [1.82, 2.24) is 0 Å². The van der Waals surface area contributed by atoms with Crippen LogP contribution in [-0.4, -0.2) is 26.4 Å². The van der Waals surface area contributed by atoms with E-state index in [2.05, 4.69) is 0 Å². The molecule has 21 heavy (non-hydrogen) atoms. The van der Waals surface area contributed by atoms with E-state index < -0.39 is 0 Å². The van der Waals surface area contributed by atoms with Gasteiger partial charge in [0.1, 0.15) is 0 Å². The molecule has 114 valence electrons. The monoisotopic (exact) mass is 314 g/mol. The van der Waals surface area contributed by atoms with Gasteiger partial charge in [-0.2, -0.15) is 0 Å². The molecule has 2 aromatic rings. The average molecular weight is 315 g/mol. The highest BCUT2D eigenvalue weighted by atomic mass is 35.5. The van der Waals surface area contributed by atoms with Crippen molar-refractivity contribution in [1.29, 1.82) is 0 Å². The second-order valence-corrected chi connectivity index (χ2v) is 4.68. The summed E-state index contributed by atoms with van der Waals surface area (Å²) >= 11 is 5.56. The number of halogens is 1. The highest BCUT2D eigenvalue weighted by Gasteiger charge is 2.21. The molecule has 0 bridgehead atoms.